The molecule has 84 valence electrons. The summed E-state index contributed by atoms with van der Waals surface area (Å²) in [5.41, 5.74) is 0.656. The van der Waals surface area contributed by atoms with E-state index in [4.69, 9.17) is 10.1 Å². The summed E-state index contributed by atoms with van der Waals surface area (Å²) < 4.78 is 4.98. The molecule has 0 amide bonds. The van der Waals surface area contributed by atoms with Crippen LogP contribution in [0.15, 0.2) is 42.2 Å². The number of hydrogen-bond donors (Lipinski definition) is 2. The molecule has 0 fully saturated rings. The smallest absolute Gasteiger partial charge is 0.260 e. The zero-order valence-electron chi connectivity index (χ0n) is 8.95. The number of allylic oxidation sites excluding steroid dienone is 1. The molecule has 0 saturated carbocycles. The molecule has 4 heteroatoms. The number of nitrogens with one attached hydrogen (secondary N) is 2. The molecule has 4 nitrogen and oxygen atoms in total. The van der Waals surface area contributed by atoms with Gasteiger partial charge in [0.1, 0.15) is 12.2 Å². The normalized spacial score (nSPS) is 9.50. The van der Waals surface area contributed by atoms with Crippen LogP contribution < -0.4 is 5.56 Å². The lowest BCUT2D eigenvalue weighted by molar-refractivity contribution is 0.348. The molecule has 0 bridgehead atoms. The number of rotatable bonds is 5. The first-order chi connectivity index (χ1) is 7.69. The molecule has 2 N–H and O–H groups in total. The molecule has 1 aromatic heterocycles. The van der Waals surface area contributed by atoms with E-state index in [0.717, 1.165) is 5.69 Å². The van der Waals surface area contributed by atoms with Gasteiger partial charge in [0.2, 0.25) is 5.90 Å². The highest BCUT2D eigenvalue weighted by molar-refractivity contribution is 5.91. The lowest BCUT2D eigenvalue weighted by atomic mass is 10.2. The van der Waals surface area contributed by atoms with Crippen molar-refractivity contribution in [3.05, 3.63) is 59.1 Å². The molecule has 0 aliphatic carbocycles. The molecule has 1 rings (SSSR count). The Morgan fingerprint density at radius 2 is 2.19 bits per heavy atom. The van der Waals surface area contributed by atoms with Crippen molar-refractivity contribution in [3.63, 3.8) is 0 Å². The third-order valence-electron chi connectivity index (χ3n) is 1.92. The van der Waals surface area contributed by atoms with E-state index in [-0.39, 0.29) is 23.6 Å². The van der Waals surface area contributed by atoms with E-state index in [0.29, 0.717) is 6.42 Å². The maximum atomic E-state index is 11.6. The Hall–Kier alpha value is -2.10. The van der Waals surface area contributed by atoms with Gasteiger partial charge >= 0.3 is 0 Å². The molecular formula is C12H14N2O2. The van der Waals surface area contributed by atoms with E-state index in [1.807, 2.05) is 0 Å². The molecule has 0 aliphatic heterocycles. The Morgan fingerprint density at radius 3 is 2.75 bits per heavy atom. The summed E-state index contributed by atoms with van der Waals surface area (Å²) in [5, 5.41) is 7.54. The van der Waals surface area contributed by atoms with Crippen molar-refractivity contribution >= 4 is 5.90 Å². The van der Waals surface area contributed by atoms with Gasteiger partial charge in [0.15, 0.2) is 0 Å². The van der Waals surface area contributed by atoms with Gasteiger partial charge in [0, 0.05) is 12.1 Å². The third kappa shape index (κ3) is 2.95. The summed E-state index contributed by atoms with van der Waals surface area (Å²) in [7, 11) is 0. The fourth-order valence-corrected chi connectivity index (χ4v) is 1.19. The van der Waals surface area contributed by atoms with Gasteiger partial charge < -0.3 is 9.72 Å². The summed E-state index contributed by atoms with van der Waals surface area (Å²) in [4.78, 5) is 14.2. The molecule has 0 saturated heterocycles. The Labute approximate surface area is 93.8 Å². The van der Waals surface area contributed by atoms with Crippen LogP contribution in [0.25, 0.3) is 0 Å². The zero-order valence-corrected chi connectivity index (χ0v) is 8.95. The van der Waals surface area contributed by atoms with Crippen molar-refractivity contribution in [2.24, 2.45) is 0 Å². The van der Waals surface area contributed by atoms with Gasteiger partial charge in [-0.3, -0.25) is 10.2 Å². The average Bonchev–Trinajstić information content (AvgIpc) is 2.26. The van der Waals surface area contributed by atoms with Crippen LogP contribution in [0, 0.1) is 5.41 Å². The molecule has 0 aliphatic rings. The van der Waals surface area contributed by atoms with Crippen LogP contribution in [0.4, 0.5) is 0 Å². The Kier molecular flexibility index (Phi) is 4.27. The topological polar surface area (TPSA) is 65.9 Å². The molecular weight excluding hydrogens is 204 g/mol. The van der Waals surface area contributed by atoms with Crippen molar-refractivity contribution in [3.8, 4) is 0 Å². The number of aromatic nitrogens is 1. The summed E-state index contributed by atoms with van der Waals surface area (Å²) in [5.74, 6) is -0.147. The van der Waals surface area contributed by atoms with Crippen molar-refractivity contribution in [1.82, 2.24) is 4.98 Å². The minimum atomic E-state index is -0.326. The van der Waals surface area contributed by atoms with E-state index < -0.39 is 0 Å². The van der Waals surface area contributed by atoms with Gasteiger partial charge in [0.05, 0.1) is 0 Å². The predicted octanol–water partition coefficient (Wildman–Crippen LogP) is 1.63. The molecule has 0 unspecified atom stereocenters. The van der Waals surface area contributed by atoms with E-state index in [9.17, 15) is 4.79 Å². The maximum Gasteiger partial charge on any atom is 0.260 e. The molecule has 0 radical (unpaired) electrons. The number of ether oxygens (including phenoxy) is 1. The van der Waals surface area contributed by atoms with Gasteiger partial charge in [-0.2, -0.15) is 0 Å². The fourth-order valence-electron chi connectivity index (χ4n) is 1.19. The first-order valence-corrected chi connectivity index (χ1v) is 4.84. The quantitative estimate of drug-likeness (QED) is 0.448. The van der Waals surface area contributed by atoms with Crippen LogP contribution in [0.5, 0.6) is 0 Å². The van der Waals surface area contributed by atoms with E-state index >= 15 is 0 Å². The minimum Gasteiger partial charge on any atom is -0.473 e. The Balaban J connectivity index is 2.90. The van der Waals surface area contributed by atoms with Gasteiger partial charge in [0.25, 0.3) is 5.56 Å². The molecule has 0 atom stereocenters. The number of pyridine rings is 1. The number of aromatic amines is 1. The fraction of sp³-hybridized carbons (Fsp3) is 0.167. The first kappa shape index (κ1) is 12.0. The van der Waals surface area contributed by atoms with E-state index in [2.05, 4.69) is 18.1 Å². The second-order valence-electron chi connectivity index (χ2n) is 3.15. The van der Waals surface area contributed by atoms with Crippen LogP contribution in [0.2, 0.25) is 0 Å². The molecule has 1 heterocycles. The highest BCUT2D eigenvalue weighted by Crippen LogP contribution is 1.99. The third-order valence-corrected chi connectivity index (χ3v) is 1.92. The van der Waals surface area contributed by atoms with Crippen molar-refractivity contribution in [2.75, 3.05) is 6.61 Å². The van der Waals surface area contributed by atoms with Crippen molar-refractivity contribution in [2.45, 2.75) is 6.42 Å². The Morgan fingerprint density at radius 1 is 1.44 bits per heavy atom. The van der Waals surface area contributed by atoms with Gasteiger partial charge in [-0.25, -0.2) is 0 Å². The lowest BCUT2D eigenvalue weighted by Gasteiger charge is -2.04. The van der Waals surface area contributed by atoms with Crippen molar-refractivity contribution in [1.29, 1.82) is 5.41 Å². The summed E-state index contributed by atoms with van der Waals surface area (Å²) >= 11 is 0. The highest BCUT2D eigenvalue weighted by Gasteiger charge is 2.07. The predicted molar refractivity (Wildman–Crippen MR) is 63.9 cm³/mol. The van der Waals surface area contributed by atoms with Crippen LogP contribution in [-0.4, -0.2) is 17.5 Å². The highest BCUT2D eigenvalue weighted by atomic mass is 16.5. The zero-order chi connectivity index (χ0) is 12.0. The molecule has 0 aromatic carbocycles. The molecule has 1 aromatic rings. The van der Waals surface area contributed by atoms with Crippen LogP contribution in [0.3, 0.4) is 0 Å². The van der Waals surface area contributed by atoms with Crippen molar-refractivity contribution < 1.29 is 4.74 Å². The SMILES string of the molecule is C=CCOC(=N)c1ccc(CC=C)[nH]c1=O. The minimum absolute atomic E-state index is 0.147. The monoisotopic (exact) mass is 218 g/mol. The second kappa shape index (κ2) is 5.70. The Bertz CT molecular complexity index is 460. The maximum absolute atomic E-state index is 11.6. The van der Waals surface area contributed by atoms with E-state index in [1.54, 1.807) is 18.2 Å². The first-order valence-electron chi connectivity index (χ1n) is 4.84. The van der Waals surface area contributed by atoms with Gasteiger partial charge in [-0.15, -0.1) is 6.58 Å². The molecule has 16 heavy (non-hydrogen) atoms. The number of H-pyrrole nitrogens is 1. The second-order valence-corrected chi connectivity index (χ2v) is 3.15. The summed E-state index contributed by atoms with van der Waals surface area (Å²) in [6, 6.07) is 3.31. The number of hydrogen-bond acceptors (Lipinski definition) is 3. The standard InChI is InChI=1S/C12H14N2O2/c1-3-5-9-6-7-10(12(15)14-9)11(13)16-8-4-2/h3-4,6-7,13H,1-2,5,8H2,(H,14,15). The lowest BCUT2D eigenvalue weighted by Crippen LogP contribution is -2.20. The largest absolute Gasteiger partial charge is 0.473 e. The van der Waals surface area contributed by atoms with Gasteiger partial charge in [-0.05, 0) is 12.1 Å². The van der Waals surface area contributed by atoms with Crippen LogP contribution in [-0.2, 0) is 11.2 Å². The average molecular weight is 218 g/mol. The van der Waals surface area contributed by atoms with E-state index in [1.165, 1.54) is 6.08 Å². The molecule has 0 spiro atoms. The van der Waals surface area contributed by atoms with Crippen LogP contribution in [0.1, 0.15) is 11.3 Å². The summed E-state index contributed by atoms with van der Waals surface area (Å²) in [6.45, 7) is 7.27. The summed E-state index contributed by atoms with van der Waals surface area (Å²) in [6.07, 6.45) is 3.82. The van der Waals surface area contributed by atoms with Crippen LogP contribution >= 0.6 is 0 Å². The van der Waals surface area contributed by atoms with Gasteiger partial charge in [-0.1, -0.05) is 18.7 Å².